The van der Waals surface area contributed by atoms with Gasteiger partial charge in [0.15, 0.2) is 5.82 Å². The summed E-state index contributed by atoms with van der Waals surface area (Å²) in [4.78, 5) is 19.8. The molecule has 6 rings (SSSR count). The van der Waals surface area contributed by atoms with E-state index in [-0.39, 0.29) is 6.04 Å². The Balaban J connectivity index is 1.57. The molecule has 0 bridgehead atoms. The van der Waals surface area contributed by atoms with Crippen molar-refractivity contribution >= 4 is 27.4 Å². The number of nitrogens with zero attached hydrogens (tertiary/aromatic N) is 5. The molecular formula is C28H22N6S. The van der Waals surface area contributed by atoms with Gasteiger partial charge in [0.05, 0.1) is 5.39 Å². The number of aromatic nitrogens is 5. The number of imidazole rings is 1. The minimum atomic E-state index is -0.195. The van der Waals surface area contributed by atoms with Gasteiger partial charge < -0.3 is 9.88 Å². The van der Waals surface area contributed by atoms with Crippen molar-refractivity contribution in [2.24, 2.45) is 7.05 Å². The van der Waals surface area contributed by atoms with Crippen molar-refractivity contribution in [3.8, 4) is 22.5 Å². The summed E-state index contributed by atoms with van der Waals surface area (Å²) in [6.07, 6.45) is 7.34. The molecule has 7 heteroatoms. The average Bonchev–Trinajstić information content (AvgIpc) is 3.55. The van der Waals surface area contributed by atoms with Crippen molar-refractivity contribution in [2.45, 2.75) is 6.04 Å². The summed E-state index contributed by atoms with van der Waals surface area (Å²) in [6.45, 7) is 0. The van der Waals surface area contributed by atoms with Crippen LogP contribution in [-0.2, 0) is 7.05 Å². The van der Waals surface area contributed by atoms with Gasteiger partial charge in [-0.15, -0.1) is 11.3 Å². The Morgan fingerprint density at radius 3 is 2.34 bits per heavy atom. The van der Waals surface area contributed by atoms with Gasteiger partial charge in [0.2, 0.25) is 0 Å². The molecule has 6 aromatic rings. The Labute approximate surface area is 207 Å². The molecule has 1 atom stereocenters. The predicted octanol–water partition coefficient (Wildman–Crippen LogP) is 6.36. The second-order valence-corrected chi connectivity index (χ2v) is 9.08. The number of rotatable bonds is 6. The van der Waals surface area contributed by atoms with Gasteiger partial charge in [0.1, 0.15) is 22.5 Å². The number of pyridine rings is 1. The Hall–Kier alpha value is -4.36. The van der Waals surface area contributed by atoms with Crippen molar-refractivity contribution < 1.29 is 0 Å². The number of hydrogen-bond acceptors (Lipinski definition) is 6. The fourth-order valence-electron chi connectivity index (χ4n) is 4.24. The lowest BCUT2D eigenvalue weighted by atomic mass is 10.0. The summed E-state index contributed by atoms with van der Waals surface area (Å²) in [5.74, 6) is 2.31. The molecule has 0 aliphatic rings. The van der Waals surface area contributed by atoms with Crippen LogP contribution in [0.15, 0.2) is 103 Å². The highest BCUT2D eigenvalue weighted by Crippen LogP contribution is 2.39. The zero-order chi connectivity index (χ0) is 23.6. The number of hydrogen-bond donors (Lipinski definition) is 1. The predicted molar refractivity (Wildman–Crippen MR) is 141 cm³/mol. The number of aryl methyl sites for hydroxylation is 1. The SMILES string of the molecule is Cn1ccnc1C(Nc1nc(-c2cccnc2)nc2scc(-c3ccccc3)c12)c1ccccc1. The summed E-state index contributed by atoms with van der Waals surface area (Å²) in [5.41, 5.74) is 4.22. The van der Waals surface area contributed by atoms with E-state index in [9.17, 15) is 0 Å². The van der Waals surface area contributed by atoms with E-state index in [0.717, 1.165) is 44.1 Å². The molecule has 0 fully saturated rings. The van der Waals surface area contributed by atoms with Crippen molar-refractivity contribution in [3.63, 3.8) is 0 Å². The van der Waals surface area contributed by atoms with Gasteiger partial charge in [-0.05, 0) is 23.3 Å². The van der Waals surface area contributed by atoms with E-state index in [0.29, 0.717) is 5.82 Å². The Morgan fingerprint density at radius 1 is 0.857 bits per heavy atom. The molecule has 0 saturated carbocycles. The van der Waals surface area contributed by atoms with E-state index < -0.39 is 0 Å². The first-order valence-corrected chi connectivity index (χ1v) is 12.2. The molecule has 1 N–H and O–H groups in total. The van der Waals surface area contributed by atoms with Crippen LogP contribution in [0.3, 0.4) is 0 Å². The third kappa shape index (κ3) is 4.06. The molecule has 1 unspecified atom stereocenters. The first-order valence-electron chi connectivity index (χ1n) is 11.3. The first kappa shape index (κ1) is 21.2. The number of anilines is 1. The van der Waals surface area contributed by atoms with Crippen LogP contribution < -0.4 is 5.32 Å². The van der Waals surface area contributed by atoms with Crippen molar-refractivity contribution in [1.29, 1.82) is 0 Å². The lowest BCUT2D eigenvalue weighted by molar-refractivity contribution is 0.746. The topological polar surface area (TPSA) is 68.5 Å². The molecule has 0 aliphatic heterocycles. The maximum absolute atomic E-state index is 5.04. The van der Waals surface area contributed by atoms with Gasteiger partial charge in [-0.2, -0.15) is 0 Å². The van der Waals surface area contributed by atoms with Crippen LogP contribution in [0, 0.1) is 0 Å². The first-order chi connectivity index (χ1) is 17.3. The third-order valence-electron chi connectivity index (χ3n) is 5.97. The highest BCUT2D eigenvalue weighted by atomic mass is 32.1. The van der Waals surface area contributed by atoms with Crippen LogP contribution >= 0.6 is 11.3 Å². The smallest absolute Gasteiger partial charge is 0.164 e. The maximum Gasteiger partial charge on any atom is 0.164 e. The maximum atomic E-state index is 5.04. The molecule has 0 spiro atoms. The van der Waals surface area contributed by atoms with Crippen LogP contribution in [0.5, 0.6) is 0 Å². The lowest BCUT2D eigenvalue weighted by Crippen LogP contribution is -2.18. The Kier molecular flexibility index (Phi) is 5.52. The lowest BCUT2D eigenvalue weighted by Gasteiger charge is -2.21. The number of thiophene rings is 1. The normalized spacial score (nSPS) is 12.0. The molecule has 0 radical (unpaired) electrons. The molecule has 4 heterocycles. The Bertz CT molecular complexity index is 1580. The van der Waals surface area contributed by atoms with Gasteiger partial charge >= 0.3 is 0 Å². The van der Waals surface area contributed by atoms with Gasteiger partial charge in [0.25, 0.3) is 0 Å². The van der Waals surface area contributed by atoms with Gasteiger partial charge in [0, 0.05) is 48.3 Å². The number of nitrogens with one attached hydrogen (secondary N) is 1. The summed E-state index contributed by atoms with van der Waals surface area (Å²) in [5, 5.41) is 6.90. The second-order valence-electron chi connectivity index (χ2n) is 8.22. The molecule has 6 nitrogen and oxygen atoms in total. The van der Waals surface area contributed by atoms with E-state index in [1.807, 2.05) is 60.4 Å². The summed E-state index contributed by atoms with van der Waals surface area (Å²) in [7, 11) is 2.01. The molecule has 0 saturated heterocycles. The highest BCUT2D eigenvalue weighted by Gasteiger charge is 2.23. The highest BCUT2D eigenvalue weighted by molar-refractivity contribution is 7.17. The van der Waals surface area contributed by atoms with E-state index >= 15 is 0 Å². The van der Waals surface area contributed by atoms with Crippen LogP contribution in [0.25, 0.3) is 32.7 Å². The van der Waals surface area contributed by atoms with Crippen molar-refractivity contribution in [2.75, 3.05) is 5.32 Å². The molecule has 4 aromatic heterocycles. The molecule has 170 valence electrons. The molecule has 0 aliphatic carbocycles. The number of benzene rings is 2. The monoisotopic (exact) mass is 474 g/mol. The van der Waals surface area contributed by atoms with Gasteiger partial charge in [-0.25, -0.2) is 15.0 Å². The number of fused-ring (bicyclic) bond motifs is 1. The van der Waals surface area contributed by atoms with E-state index in [1.54, 1.807) is 23.7 Å². The summed E-state index contributed by atoms with van der Waals surface area (Å²) >= 11 is 1.62. The minimum absolute atomic E-state index is 0.195. The molecule has 0 amide bonds. The second kappa shape index (κ2) is 9.12. The zero-order valence-electron chi connectivity index (χ0n) is 19.0. The van der Waals surface area contributed by atoms with Crippen LogP contribution in [-0.4, -0.2) is 24.5 Å². The van der Waals surface area contributed by atoms with Gasteiger partial charge in [-0.1, -0.05) is 60.7 Å². The van der Waals surface area contributed by atoms with Crippen molar-refractivity contribution in [1.82, 2.24) is 24.5 Å². The quantitative estimate of drug-likeness (QED) is 0.304. The fraction of sp³-hybridized carbons (Fsp3) is 0.0714. The van der Waals surface area contributed by atoms with Crippen LogP contribution in [0.4, 0.5) is 5.82 Å². The fourth-order valence-corrected chi connectivity index (χ4v) is 5.18. The van der Waals surface area contributed by atoms with E-state index in [4.69, 9.17) is 9.97 Å². The largest absolute Gasteiger partial charge is 0.356 e. The molecule has 2 aromatic carbocycles. The average molecular weight is 475 g/mol. The van der Waals surface area contributed by atoms with Crippen molar-refractivity contribution in [3.05, 3.63) is 114 Å². The minimum Gasteiger partial charge on any atom is -0.356 e. The summed E-state index contributed by atoms with van der Waals surface area (Å²) in [6, 6.07) is 24.4. The van der Waals surface area contributed by atoms with Crippen LogP contribution in [0.2, 0.25) is 0 Å². The standard InChI is InChI=1S/C28H22N6S/c1-34-16-15-30-27(34)24(20-11-6-3-7-12-20)31-26-23-22(19-9-4-2-5-10-19)18-35-28(23)33-25(32-26)21-13-8-14-29-17-21/h2-18,24H,1H3,(H,31,32,33). The van der Waals surface area contributed by atoms with Gasteiger partial charge in [-0.3, -0.25) is 4.98 Å². The zero-order valence-corrected chi connectivity index (χ0v) is 19.9. The van der Waals surface area contributed by atoms with E-state index in [2.05, 4.69) is 57.1 Å². The Morgan fingerprint density at radius 2 is 1.63 bits per heavy atom. The van der Waals surface area contributed by atoms with E-state index in [1.165, 1.54) is 0 Å². The third-order valence-corrected chi connectivity index (χ3v) is 6.84. The molecular weight excluding hydrogens is 452 g/mol. The summed E-state index contributed by atoms with van der Waals surface area (Å²) < 4.78 is 2.04. The van der Waals surface area contributed by atoms with Crippen LogP contribution in [0.1, 0.15) is 17.4 Å². The molecule has 35 heavy (non-hydrogen) atoms.